The van der Waals surface area contributed by atoms with E-state index in [1.54, 1.807) is 12.4 Å². The van der Waals surface area contributed by atoms with E-state index in [1.807, 2.05) is 11.8 Å². The summed E-state index contributed by atoms with van der Waals surface area (Å²) >= 11 is 0. The molecule has 0 radical (unpaired) electrons. The van der Waals surface area contributed by atoms with Crippen LogP contribution in [0.3, 0.4) is 0 Å². The molecular formula is C13H16N4O3. The smallest absolute Gasteiger partial charge is 0.310 e. The van der Waals surface area contributed by atoms with E-state index in [0.29, 0.717) is 25.4 Å². The van der Waals surface area contributed by atoms with Crippen LogP contribution in [0.15, 0.2) is 16.8 Å². The van der Waals surface area contributed by atoms with Crippen LogP contribution in [-0.2, 0) is 22.5 Å². The summed E-state index contributed by atoms with van der Waals surface area (Å²) in [5.74, 6) is 0.983. The van der Waals surface area contributed by atoms with Crippen LogP contribution in [0.1, 0.15) is 17.3 Å². The largest absolute Gasteiger partial charge is 0.469 e. The van der Waals surface area contributed by atoms with Gasteiger partial charge in [0.2, 0.25) is 5.89 Å². The molecule has 1 aliphatic rings. The number of carbonyl (C=O) groups excluding carboxylic acids is 1. The van der Waals surface area contributed by atoms with Crippen molar-refractivity contribution in [2.75, 3.05) is 18.6 Å². The number of aromatic nitrogens is 3. The maximum atomic E-state index is 11.8. The first kappa shape index (κ1) is 12.7. The molecule has 3 heterocycles. The number of carbonyl (C=O) groups is 1. The molecule has 0 fully saturated rings. The number of hydrogen-bond acceptors (Lipinski definition) is 6. The third-order valence-corrected chi connectivity index (χ3v) is 3.46. The Morgan fingerprint density at radius 3 is 3.15 bits per heavy atom. The van der Waals surface area contributed by atoms with Gasteiger partial charge in [-0.05, 0) is 6.92 Å². The van der Waals surface area contributed by atoms with Gasteiger partial charge in [0.25, 0.3) is 0 Å². The Hall–Kier alpha value is -2.31. The lowest BCUT2D eigenvalue weighted by Gasteiger charge is -2.31. The zero-order chi connectivity index (χ0) is 14.1. The molecule has 3 rings (SSSR count). The molecule has 0 aromatic carbocycles. The normalized spacial score (nSPS) is 17.9. The molecule has 0 unspecified atom stereocenters. The van der Waals surface area contributed by atoms with E-state index in [4.69, 9.17) is 9.15 Å². The number of fused-ring (bicyclic) bond motifs is 1. The third-order valence-electron chi connectivity index (χ3n) is 3.46. The summed E-state index contributed by atoms with van der Waals surface area (Å²) in [5, 5.41) is 6.99. The van der Waals surface area contributed by atoms with Gasteiger partial charge >= 0.3 is 5.97 Å². The number of rotatable bonds is 3. The summed E-state index contributed by atoms with van der Waals surface area (Å²) in [6.45, 7) is 2.93. The lowest BCUT2D eigenvalue weighted by atomic mass is 9.97. The van der Waals surface area contributed by atoms with Crippen molar-refractivity contribution in [2.45, 2.75) is 19.9 Å². The summed E-state index contributed by atoms with van der Waals surface area (Å²) in [7, 11) is 1.41. The molecule has 20 heavy (non-hydrogen) atoms. The first-order valence-corrected chi connectivity index (χ1v) is 6.43. The fourth-order valence-electron chi connectivity index (χ4n) is 2.52. The van der Waals surface area contributed by atoms with Gasteiger partial charge in [0.05, 0.1) is 43.3 Å². The second-order valence-electron chi connectivity index (χ2n) is 4.90. The molecule has 0 spiro atoms. The van der Waals surface area contributed by atoms with Crippen LogP contribution >= 0.6 is 0 Å². The molecule has 0 saturated carbocycles. The zero-order valence-electron chi connectivity index (χ0n) is 11.4. The summed E-state index contributed by atoms with van der Waals surface area (Å²) in [6.07, 6.45) is 4.06. The van der Waals surface area contributed by atoms with Gasteiger partial charge in [-0.3, -0.25) is 9.89 Å². The van der Waals surface area contributed by atoms with E-state index in [9.17, 15) is 4.79 Å². The van der Waals surface area contributed by atoms with Crippen molar-refractivity contribution in [3.63, 3.8) is 0 Å². The first-order valence-electron chi connectivity index (χ1n) is 6.43. The average Bonchev–Trinajstić information content (AvgIpc) is 3.06. The number of methoxy groups -OCH3 is 1. The minimum absolute atomic E-state index is 0.205. The van der Waals surface area contributed by atoms with E-state index in [0.717, 1.165) is 17.1 Å². The van der Waals surface area contributed by atoms with Gasteiger partial charge in [0.15, 0.2) is 0 Å². The van der Waals surface area contributed by atoms with Gasteiger partial charge in [0, 0.05) is 13.0 Å². The van der Waals surface area contributed by atoms with E-state index >= 15 is 0 Å². The van der Waals surface area contributed by atoms with E-state index < -0.39 is 0 Å². The highest BCUT2D eigenvalue weighted by atomic mass is 16.5. The van der Waals surface area contributed by atoms with Crippen LogP contribution in [0, 0.1) is 12.8 Å². The Kier molecular flexibility index (Phi) is 3.17. The lowest BCUT2D eigenvalue weighted by molar-refractivity contribution is -0.145. The molecule has 1 atom stereocenters. The summed E-state index contributed by atoms with van der Waals surface area (Å²) < 4.78 is 10.3. The molecule has 1 N–H and O–H groups in total. The highest BCUT2D eigenvalue weighted by molar-refractivity contribution is 5.75. The Bertz CT molecular complexity index is 619. The minimum Gasteiger partial charge on any atom is -0.469 e. The lowest BCUT2D eigenvalue weighted by Crippen LogP contribution is -2.38. The van der Waals surface area contributed by atoms with Crippen LogP contribution in [0.25, 0.3) is 0 Å². The summed E-state index contributed by atoms with van der Waals surface area (Å²) in [5.41, 5.74) is 1.93. The highest BCUT2D eigenvalue weighted by Gasteiger charge is 2.31. The van der Waals surface area contributed by atoms with Gasteiger partial charge in [-0.25, -0.2) is 4.98 Å². The fourth-order valence-corrected chi connectivity index (χ4v) is 2.52. The number of aromatic amines is 1. The monoisotopic (exact) mass is 276 g/mol. The second kappa shape index (κ2) is 4.99. The van der Waals surface area contributed by atoms with Crippen LogP contribution < -0.4 is 4.90 Å². The third kappa shape index (κ3) is 2.26. The average molecular weight is 276 g/mol. The first-order chi connectivity index (χ1) is 9.67. The van der Waals surface area contributed by atoms with Crippen LogP contribution in [0.4, 0.5) is 5.69 Å². The number of hydrogen-bond donors (Lipinski definition) is 1. The van der Waals surface area contributed by atoms with Gasteiger partial charge < -0.3 is 14.1 Å². The molecule has 2 aromatic heterocycles. The molecule has 2 aromatic rings. The van der Waals surface area contributed by atoms with Gasteiger partial charge in [-0.2, -0.15) is 5.10 Å². The molecular weight excluding hydrogens is 260 g/mol. The van der Waals surface area contributed by atoms with Gasteiger partial charge in [-0.1, -0.05) is 0 Å². The topological polar surface area (TPSA) is 84.3 Å². The zero-order valence-corrected chi connectivity index (χ0v) is 11.4. The van der Waals surface area contributed by atoms with Crippen molar-refractivity contribution in [2.24, 2.45) is 5.92 Å². The predicted octanol–water partition coefficient (Wildman–Crippen LogP) is 1.06. The minimum atomic E-state index is -0.209. The standard InChI is InChI=1S/C13H16N4O3/c1-8-4-14-12(20-8)7-17-6-9(13(18)19-2)3-10-11(17)5-15-16-10/h4-5,9H,3,6-7H2,1-2H3,(H,15,16)/t9-/m0/s1. The van der Waals surface area contributed by atoms with Crippen molar-refractivity contribution in [3.05, 3.63) is 29.7 Å². The predicted molar refractivity (Wildman–Crippen MR) is 70.1 cm³/mol. The van der Waals surface area contributed by atoms with E-state index in [1.165, 1.54) is 7.11 Å². The maximum Gasteiger partial charge on any atom is 0.310 e. The molecule has 1 aliphatic heterocycles. The molecule has 0 bridgehead atoms. The number of nitrogens with zero attached hydrogens (tertiary/aromatic N) is 3. The number of anilines is 1. The molecule has 7 nitrogen and oxygen atoms in total. The number of nitrogens with one attached hydrogen (secondary N) is 1. The molecule has 106 valence electrons. The summed E-state index contributed by atoms with van der Waals surface area (Å²) in [6, 6.07) is 0. The number of ether oxygens (including phenoxy) is 1. The van der Waals surface area contributed by atoms with E-state index in [2.05, 4.69) is 15.2 Å². The van der Waals surface area contributed by atoms with Gasteiger partial charge in [0.1, 0.15) is 5.76 Å². The summed E-state index contributed by atoms with van der Waals surface area (Å²) in [4.78, 5) is 18.0. The number of esters is 1. The van der Waals surface area contributed by atoms with Crippen molar-refractivity contribution in [3.8, 4) is 0 Å². The van der Waals surface area contributed by atoms with Crippen molar-refractivity contribution in [1.82, 2.24) is 15.2 Å². The van der Waals surface area contributed by atoms with Gasteiger partial charge in [-0.15, -0.1) is 0 Å². The van der Waals surface area contributed by atoms with Crippen LogP contribution in [0.2, 0.25) is 0 Å². The Morgan fingerprint density at radius 2 is 2.45 bits per heavy atom. The van der Waals surface area contributed by atoms with Crippen molar-refractivity contribution < 1.29 is 13.9 Å². The number of oxazole rings is 1. The highest BCUT2D eigenvalue weighted by Crippen LogP contribution is 2.29. The second-order valence-corrected chi connectivity index (χ2v) is 4.90. The SMILES string of the molecule is COC(=O)[C@H]1Cc2[nH]ncc2N(Cc2ncc(C)o2)C1. The Balaban J connectivity index is 1.84. The van der Waals surface area contributed by atoms with Crippen molar-refractivity contribution >= 4 is 11.7 Å². The Morgan fingerprint density at radius 1 is 1.60 bits per heavy atom. The molecule has 0 aliphatic carbocycles. The van der Waals surface area contributed by atoms with Crippen molar-refractivity contribution in [1.29, 1.82) is 0 Å². The fraction of sp³-hybridized carbons (Fsp3) is 0.462. The number of H-pyrrole nitrogens is 1. The number of aryl methyl sites for hydroxylation is 1. The Labute approximate surface area is 115 Å². The molecule has 0 amide bonds. The van der Waals surface area contributed by atoms with E-state index in [-0.39, 0.29) is 11.9 Å². The van der Waals surface area contributed by atoms with Crippen LogP contribution in [-0.4, -0.2) is 34.8 Å². The molecule has 0 saturated heterocycles. The van der Waals surface area contributed by atoms with Crippen LogP contribution in [0.5, 0.6) is 0 Å². The molecule has 7 heteroatoms. The quantitative estimate of drug-likeness (QED) is 0.844. The maximum absolute atomic E-state index is 11.8.